The molecule has 0 saturated carbocycles. The molecule has 2 rings (SSSR count). The fourth-order valence-corrected chi connectivity index (χ4v) is 10.0. The largest absolute Gasteiger partial charge is 0.394 e. The zero-order valence-electron chi connectivity index (χ0n) is 48.2. The van der Waals surface area contributed by atoms with E-state index in [-0.39, 0.29) is 12.5 Å². The predicted octanol–water partition coefficient (Wildman–Crippen LogP) is 10.9. The molecule has 0 aromatic heterocycles. The molecular weight excluding hydrogens is 979 g/mol. The van der Waals surface area contributed by atoms with Crippen LogP contribution in [-0.4, -0.2) is 140 Å². The number of aliphatic hydroxyl groups is 8. The number of aliphatic hydroxyl groups excluding tert-OH is 8. The van der Waals surface area contributed by atoms with Crippen LogP contribution in [0.25, 0.3) is 0 Å². The van der Waals surface area contributed by atoms with Crippen LogP contribution in [0.1, 0.15) is 239 Å². The number of amides is 1. The maximum absolute atomic E-state index is 13.3. The van der Waals surface area contributed by atoms with Gasteiger partial charge in [-0.1, -0.05) is 235 Å². The molecule has 77 heavy (non-hydrogen) atoms. The van der Waals surface area contributed by atoms with Gasteiger partial charge >= 0.3 is 0 Å². The molecule has 0 aliphatic carbocycles. The summed E-state index contributed by atoms with van der Waals surface area (Å²) in [6.07, 6.45) is 45.2. The second-order valence-corrected chi connectivity index (χ2v) is 21.8. The molecule has 12 atom stereocenters. The van der Waals surface area contributed by atoms with Crippen LogP contribution in [0, 0.1) is 0 Å². The minimum absolute atomic E-state index is 0.208. The monoisotopic (exact) mass is 1090 g/mol. The third-order valence-corrected chi connectivity index (χ3v) is 15.0. The number of ether oxygens (including phenoxy) is 4. The van der Waals surface area contributed by atoms with Gasteiger partial charge in [-0.3, -0.25) is 4.79 Å². The van der Waals surface area contributed by atoms with E-state index in [1.165, 1.54) is 128 Å². The molecule has 0 aromatic carbocycles. The number of hydrogen-bond acceptors (Lipinski definition) is 13. The fourth-order valence-electron chi connectivity index (χ4n) is 10.0. The van der Waals surface area contributed by atoms with Crippen molar-refractivity contribution in [3.05, 3.63) is 60.8 Å². The van der Waals surface area contributed by atoms with Gasteiger partial charge in [-0.2, -0.15) is 0 Å². The van der Waals surface area contributed by atoms with Gasteiger partial charge < -0.3 is 65.1 Å². The van der Waals surface area contributed by atoms with Gasteiger partial charge in [-0.15, -0.1) is 0 Å². The fraction of sp³-hybridized carbons (Fsp3) is 0.825. The van der Waals surface area contributed by atoms with Gasteiger partial charge in [0.1, 0.15) is 48.8 Å². The Morgan fingerprint density at radius 2 is 0.896 bits per heavy atom. The summed E-state index contributed by atoms with van der Waals surface area (Å²) in [4.78, 5) is 13.3. The molecular formula is C63H113NO13. The molecule has 0 radical (unpaired) electrons. The smallest absolute Gasteiger partial charge is 0.220 e. The summed E-state index contributed by atoms with van der Waals surface area (Å²) in [5, 5.41) is 87.2. The molecule has 2 aliphatic heterocycles. The summed E-state index contributed by atoms with van der Waals surface area (Å²) >= 11 is 0. The van der Waals surface area contributed by atoms with Crippen LogP contribution >= 0.6 is 0 Å². The molecule has 9 N–H and O–H groups in total. The minimum Gasteiger partial charge on any atom is -0.394 e. The number of rotatable bonds is 49. The molecule has 12 unspecified atom stereocenters. The van der Waals surface area contributed by atoms with Gasteiger partial charge in [0.15, 0.2) is 12.6 Å². The number of carbonyl (C=O) groups excluding carboxylic acids is 1. The van der Waals surface area contributed by atoms with Gasteiger partial charge in [0.25, 0.3) is 0 Å². The maximum Gasteiger partial charge on any atom is 0.220 e. The van der Waals surface area contributed by atoms with Crippen LogP contribution in [0.4, 0.5) is 0 Å². The van der Waals surface area contributed by atoms with E-state index >= 15 is 0 Å². The SMILES string of the molecule is CC/C=C\C/C=C\C/C=C\C/C=C\C/C=C\CCCCCCCCCCCCCCCCCC(=O)NC(COC1OC(CO)C(OC2OC(CO)C(O)C(O)C2O)C(O)C1O)C(O)CCCCCCCCCCCCCC. The lowest BCUT2D eigenvalue weighted by molar-refractivity contribution is -0.359. The third kappa shape index (κ3) is 33.9. The zero-order chi connectivity index (χ0) is 56.0. The summed E-state index contributed by atoms with van der Waals surface area (Å²) in [6, 6.07) is -0.829. The van der Waals surface area contributed by atoms with Crippen molar-refractivity contribution < 1.29 is 64.6 Å². The Morgan fingerprint density at radius 3 is 1.38 bits per heavy atom. The van der Waals surface area contributed by atoms with Gasteiger partial charge in [-0.25, -0.2) is 0 Å². The van der Waals surface area contributed by atoms with Crippen molar-refractivity contribution in [1.82, 2.24) is 5.32 Å². The normalized spacial score (nSPS) is 25.1. The van der Waals surface area contributed by atoms with E-state index in [1.54, 1.807) is 0 Å². The lowest BCUT2D eigenvalue weighted by Gasteiger charge is -2.46. The van der Waals surface area contributed by atoms with Gasteiger partial charge in [0.05, 0.1) is 32.0 Å². The zero-order valence-corrected chi connectivity index (χ0v) is 48.2. The second kappa shape index (κ2) is 48.4. The molecule has 2 fully saturated rings. The Morgan fingerprint density at radius 1 is 0.481 bits per heavy atom. The summed E-state index contributed by atoms with van der Waals surface area (Å²) in [7, 11) is 0. The molecule has 14 nitrogen and oxygen atoms in total. The van der Waals surface area contributed by atoms with Crippen molar-refractivity contribution in [2.24, 2.45) is 0 Å². The highest BCUT2D eigenvalue weighted by atomic mass is 16.7. The minimum atomic E-state index is -1.78. The van der Waals surface area contributed by atoms with Crippen LogP contribution < -0.4 is 5.32 Å². The van der Waals surface area contributed by atoms with E-state index in [0.717, 1.165) is 83.5 Å². The van der Waals surface area contributed by atoms with Crippen molar-refractivity contribution in [3.8, 4) is 0 Å². The van der Waals surface area contributed by atoms with Crippen molar-refractivity contribution >= 4 is 5.91 Å². The lowest BCUT2D eigenvalue weighted by Crippen LogP contribution is -2.65. The molecule has 2 aliphatic rings. The molecule has 0 bridgehead atoms. The Balaban J connectivity index is 1.64. The molecule has 2 saturated heterocycles. The third-order valence-electron chi connectivity index (χ3n) is 15.0. The highest BCUT2D eigenvalue weighted by Gasteiger charge is 2.51. The van der Waals surface area contributed by atoms with E-state index in [0.29, 0.717) is 12.8 Å². The van der Waals surface area contributed by atoms with Crippen LogP contribution in [0.5, 0.6) is 0 Å². The van der Waals surface area contributed by atoms with Gasteiger partial charge in [0, 0.05) is 6.42 Å². The van der Waals surface area contributed by atoms with Crippen molar-refractivity contribution in [2.45, 2.75) is 312 Å². The molecule has 2 heterocycles. The van der Waals surface area contributed by atoms with Crippen molar-refractivity contribution in [1.29, 1.82) is 0 Å². The molecule has 0 aromatic rings. The maximum atomic E-state index is 13.3. The van der Waals surface area contributed by atoms with Crippen molar-refractivity contribution in [3.63, 3.8) is 0 Å². The molecule has 448 valence electrons. The molecule has 14 heteroatoms. The van der Waals surface area contributed by atoms with E-state index in [4.69, 9.17) is 18.9 Å². The summed E-state index contributed by atoms with van der Waals surface area (Å²) in [5.74, 6) is -0.208. The number of hydrogen-bond donors (Lipinski definition) is 9. The number of nitrogens with one attached hydrogen (secondary N) is 1. The second-order valence-electron chi connectivity index (χ2n) is 21.8. The van der Waals surface area contributed by atoms with Crippen LogP contribution in [0.2, 0.25) is 0 Å². The average molecular weight is 1090 g/mol. The first kappa shape index (κ1) is 70.8. The average Bonchev–Trinajstić information content (AvgIpc) is 3.43. The van der Waals surface area contributed by atoms with E-state index < -0.39 is 86.8 Å². The van der Waals surface area contributed by atoms with E-state index in [2.05, 4.69) is 79.9 Å². The highest BCUT2D eigenvalue weighted by Crippen LogP contribution is 2.30. The first-order valence-electron chi connectivity index (χ1n) is 31.0. The quantitative estimate of drug-likeness (QED) is 0.0204. The lowest BCUT2D eigenvalue weighted by atomic mass is 9.97. The molecule has 1 amide bonds. The summed E-state index contributed by atoms with van der Waals surface area (Å²) in [6.45, 7) is 2.74. The first-order valence-corrected chi connectivity index (χ1v) is 31.0. The Kier molecular flexibility index (Phi) is 44.5. The highest BCUT2D eigenvalue weighted by molar-refractivity contribution is 5.76. The Bertz CT molecular complexity index is 1520. The molecule has 0 spiro atoms. The van der Waals surface area contributed by atoms with Gasteiger partial charge in [0.2, 0.25) is 5.91 Å². The van der Waals surface area contributed by atoms with Crippen molar-refractivity contribution in [2.75, 3.05) is 19.8 Å². The van der Waals surface area contributed by atoms with Gasteiger partial charge in [-0.05, 0) is 57.8 Å². The summed E-state index contributed by atoms with van der Waals surface area (Å²) in [5.41, 5.74) is 0. The predicted molar refractivity (Wildman–Crippen MR) is 309 cm³/mol. The van der Waals surface area contributed by atoms with Crippen LogP contribution in [0.3, 0.4) is 0 Å². The summed E-state index contributed by atoms with van der Waals surface area (Å²) < 4.78 is 22.8. The van der Waals surface area contributed by atoms with E-state index in [9.17, 15) is 45.6 Å². The standard InChI is InChI=1S/C63H113NO13/c1-3-5-7-9-11-13-15-17-18-19-20-21-22-23-24-25-26-27-28-29-30-31-32-33-34-35-37-39-41-43-45-47-55(68)64-51(52(67)46-44-42-40-38-36-16-14-12-10-8-6-4-2)50-74-62-60(73)58(71)61(54(49-66)76-62)77-63-59(72)57(70)56(69)53(48-65)75-63/h5,7,11,13,17-18,20-21,23-24,51-54,56-63,65-67,69-73H,3-4,6,8-10,12,14-16,19,22,25-50H2,1-2H3,(H,64,68)/b7-5-,13-11-,18-17-,21-20-,24-23-. The number of unbranched alkanes of at least 4 members (excludes halogenated alkanes) is 26. The van der Waals surface area contributed by atoms with E-state index in [1.807, 2.05) is 0 Å². The number of carbonyl (C=O) groups is 1. The number of allylic oxidation sites excluding steroid dienone is 10. The van der Waals surface area contributed by atoms with Crippen LogP contribution in [-0.2, 0) is 23.7 Å². The Hall–Kier alpha value is -2.31. The first-order chi connectivity index (χ1) is 37.6. The topological polar surface area (TPSA) is 228 Å². The van der Waals surface area contributed by atoms with Crippen LogP contribution in [0.15, 0.2) is 60.8 Å². The Labute approximate surface area is 466 Å².